The maximum absolute atomic E-state index is 9.51. The van der Waals surface area contributed by atoms with Crippen molar-refractivity contribution >= 4 is 11.3 Å². The van der Waals surface area contributed by atoms with Crippen molar-refractivity contribution in [3.8, 4) is 0 Å². The Bertz CT molecular complexity index is 275. The average Bonchev–Trinajstić information content (AvgIpc) is 2.73. The molecule has 0 unspecified atom stereocenters. The van der Waals surface area contributed by atoms with Crippen molar-refractivity contribution in [2.24, 2.45) is 0 Å². The molecular formula is C11H17NOS. The van der Waals surface area contributed by atoms with Crippen LogP contribution in [0, 0.1) is 0 Å². The summed E-state index contributed by atoms with van der Waals surface area (Å²) in [5.74, 6) is 0. The second-order valence-corrected chi connectivity index (χ2v) is 4.86. The molecule has 14 heavy (non-hydrogen) atoms. The van der Waals surface area contributed by atoms with Crippen LogP contribution in [0.3, 0.4) is 0 Å². The Hall–Kier alpha value is -0.380. The fraction of sp³-hybridized carbons (Fsp3) is 0.636. The fourth-order valence-corrected chi connectivity index (χ4v) is 3.07. The standard InChI is InChI=1S/C11H17NOS/c1-12-11(9-4-7-14-8-9)5-2-10(13)3-6-11/h4,7-8,10,12-13H,2-3,5-6H2,1H3. The molecule has 0 aromatic carbocycles. The van der Waals surface area contributed by atoms with Crippen LogP contribution < -0.4 is 5.32 Å². The predicted molar refractivity (Wildman–Crippen MR) is 59.5 cm³/mol. The summed E-state index contributed by atoms with van der Waals surface area (Å²) in [6, 6.07) is 2.19. The molecule has 0 spiro atoms. The van der Waals surface area contributed by atoms with Crippen LogP contribution in [0.4, 0.5) is 0 Å². The molecule has 1 aliphatic rings. The quantitative estimate of drug-likeness (QED) is 0.785. The molecule has 1 aromatic rings. The van der Waals surface area contributed by atoms with E-state index in [0.29, 0.717) is 0 Å². The van der Waals surface area contributed by atoms with Crippen molar-refractivity contribution in [2.45, 2.75) is 37.3 Å². The minimum atomic E-state index is -0.0879. The van der Waals surface area contributed by atoms with Gasteiger partial charge in [0.1, 0.15) is 0 Å². The molecular weight excluding hydrogens is 194 g/mol. The summed E-state index contributed by atoms with van der Waals surface area (Å²) in [7, 11) is 2.02. The summed E-state index contributed by atoms with van der Waals surface area (Å²) in [5, 5.41) is 17.3. The van der Waals surface area contributed by atoms with Gasteiger partial charge in [0.25, 0.3) is 0 Å². The Labute approximate surface area is 89.0 Å². The van der Waals surface area contributed by atoms with Crippen molar-refractivity contribution in [1.82, 2.24) is 5.32 Å². The van der Waals surface area contributed by atoms with Crippen LogP contribution in [-0.2, 0) is 5.54 Å². The van der Waals surface area contributed by atoms with Crippen molar-refractivity contribution in [2.75, 3.05) is 7.05 Å². The summed E-state index contributed by atoms with van der Waals surface area (Å²) < 4.78 is 0. The molecule has 78 valence electrons. The molecule has 2 nitrogen and oxygen atoms in total. The van der Waals surface area contributed by atoms with Gasteiger partial charge in [-0.2, -0.15) is 11.3 Å². The van der Waals surface area contributed by atoms with Gasteiger partial charge >= 0.3 is 0 Å². The topological polar surface area (TPSA) is 32.3 Å². The van der Waals surface area contributed by atoms with Crippen molar-refractivity contribution in [3.63, 3.8) is 0 Å². The molecule has 0 radical (unpaired) electrons. The Kier molecular flexibility index (Phi) is 2.91. The van der Waals surface area contributed by atoms with Gasteiger partial charge in [0.2, 0.25) is 0 Å². The van der Waals surface area contributed by atoms with E-state index in [-0.39, 0.29) is 11.6 Å². The van der Waals surface area contributed by atoms with Crippen LogP contribution in [0.2, 0.25) is 0 Å². The van der Waals surface area contributed by atoms with Gasteiger partial charge in [-0.05, 0) is 55.1 Å². The van der Waals surface area contributed by atoms with E-state index in [4.69, 9.17) is 0 Å². The van der Waals surface area contributed by atoms with E-state index in [1.165, 1.54) is 5.56 Å². The van der Waals surface area contributed by atoms with Crippen LogP contribution >= 0.6 is 11.3 Å². The number of aliphatic hydroxyl groups is 1. The van der Waals surface area contributed by atoms with Gasteiger partial charge in [-0.1, -0.05) is 0 Å². The van der Waals surface area contributed by atoms with Gasteiger partial charge in [-0.25, -0.2) is 0 Å². The molecule has 0 saturated heterocycles. The van der Waals surface area contributed by atoms with Crippen molar-refractivity contribution in [3.05, 3.63) is 22.4 Å². The van der Waals surface area contributed by atoms with Gasteiger partial charge in [-0.3, -0.25) is 0 Å². The molecule has 0 bridgehead atoms. The zero-order chi connectivity index (χ0) is 10.0. The molecule has 0 aliphatic heterocycles. The highest BCUT2D eigenvalue weighted by Gasteiger charge is 2.34. The van der Waals surface area contributed by atoms with Crippen molar-refractivity contribution < 1.29 is 5.11 Å². The molecule has 2 N–H and O–H groups in total. The zero-order valence-corrected chi connectivity index (χ0v) is 9.31. The Morgan fingerprint density at radius 2 is 2.21 bits per heavy atom. The van der Waals surface area contributed by atoms with E-state index >= 15 is 0 Å². The predicted octanol–water partition coefficient (Wildman–Crippen LogP) is 2.10. The molecule has 1 heterocycles. The number of aliphatic hydroxyl groups excluding tert-OH is 1. The molecule has 3 heteroatoms. The van der Waals surface area contributed by atoms with Crippen LogP contribution in [-0.4, -0.2) is 18.3 Å². The average molecular weight is 211 g/mol. The summed E-state index contributed by atoms with van der Waals surface area (Å²) in [5.41, 5.74) is 1.51. The smallest absolute Gasteiger partial charge is 0.0541 e. The largest absolute Gasteiger partial charge is 0.393 e. The lowest BCUT2D eigenvalue weighted by Crippen LogP contribution is -2.43. The first-order valence-corrected chi connectivity index (χ1v) is 6.11. The lowest BCUT2D eigenvalue weighted by Gasteiger charge is -2.38. The summed E-state index contributed by atoms with van der Waals surface area (Å²) in [4.78, 5) is 0. The van der Waals surface area contributed by atoms with E-state index in [1.54, 1.807) is 11.3 Å². The fourth-order valence-electron chi connectivity index (χ4n) is 2.32. The van der Waals surface area contributed by atoms with E-state index in [9.17, 15) is 5.11 Å². The number of hydrogen-bond donors (Lipinski definition) is 2. The van der Waals surface area contributed by atoms with Crippen molar-refractivity contribution in [1.29, 1.82) is 0 Å². The lowest BCUT2D eigenvalue weighted by molar-refractivity contribution is 0.0858. The molecule has 2 rings (SSSR count). The zero-order valence-electron chi connectivity index (χ0n) is 8.49. The molecule has 1 saturated carbocycles. The third kappa shape index (κ3) is 1.72. The van der Waals surface area contributed by atoms with E-state index in [0.717, 1.165) is 25.7 Å². The highest BCUT2D eigenvalue weighted by atomic mass is 32.1. The first kappa shape index (κ1) is 10.1. The second-order valence-electron chi connectivity index (χ2n) is 4.08. The lowest BCUT2D eigenvalue weighted by atomic mass is 9.77. The number of thiophene rings is 1. The number of nitrogens with one attached hydrogen (secondary N) is 1. The van der Waals surface area contributed by atoms with Crippen LogP contribution in [0.15, 0.2) is 16.8 Å². The van der Waals surface area contributed by atoms with Crippen LogP contribution in [0.1, 0.15) is 31.2 Å². The molecule has 1 aromatic heterocycles. The molecule has 1 fully saturated rings. The first-order chi connectivity index (χ1) is 6.77. The Morgan fingerprint density at radius 1 is 1.50 bits per heavy atom. The van der Waals surface area contributed by atoms with E-state index in [2.05, 4.69) is 22.1 Å². The SMILES string of the molecule is CNC1(c2ccsc2)CCC(O)CC1. The third-order valence-corrected chi connectivity index (χ3v) is 4.04. The molecule has 1 aliphatic carbocycles. The minimum absolute atomic E-state index is 0.0879. The summed E-state index contributed by atoms with van der Waals surface area (Å²) in [6.45, 7) is 0. The van der Waals surface area contributed by atoms with Crippen LogP contribution in [0.25, 0.3) is 0 Å². The Morgan fingerprint density at radius 3 is 2.71 bits per heavy atom. The van der Waals surface area contributed by atoms with Gasteiger partial charge in [-0.15, -0.1) is 0 Å². The van der Waals surface area contributed by atoms with Gasteiger partial charge in [0.15, 0.2) is 0 Å². The van der Waals surface area contributed by atoms with E-state index < -0.39 is 0 Å². The number of rotatable bonds is 2. The third-order valence-electron chi connectivity index (χ3n) is 3.36. The normalized spacial score (nSPS) is 33.1. The van der Waals surface area contributed by atoms with Crippen LogP contribution in [0.5, 0.6) is 0 Å². The Balaban J connectivity index is 2.19. The highest BCUT2D eigenvalue weighted by molar-refractivity contribution is 7.08. The second kappa shape index (κ2) is 4.01. The highest BCUT2D eigenvalue weighted by Crippen LogP contribution is 2.37. The maximum atomic E-state index is 9.51. The molecule has 0 amide bonds. The van der Waals surface area contributed by atoms with Gasteiger partial charge < -0.3 is 10.4 Å². The summed E-state index contributed by atoms with van der Waals surface area (Å²) >= 11 is 1.75. The maximum Gasteiger partial charge on any atom is 0.0541 e. The first-order valence-electron chi connectivity index (χ1n) is 5.16. The van der Waals surface area contributed by atoms with Gasteiger partial charge in [0, 0.05) is 5.54 Å². The summed E-state index contributed by atoms with van der Waals surface area (Å²) in [6.07, 6.45) is 3.83. The van der Waals surface area contributed by atoms with E-state index in [1.807, 2.05) is 7.05 Å². The monoisotopic (exact) mass is 211 g/mol. The molecule has 0 atom stereocenters. The minimum Gasteiger partial charge on any atom is -0.393 e. The van der Waals surface area contributed by atoms with Gasteiger partial charge in [0.05, 0.1) is 6.10 Å². The number of hydrogen-bond acceptors (Lipinski definition) is 3.